The van der Waals surface area contributed by atoms with Crippen molar-refractivity contribution < 1.29 is 19.1 Å². The van der Waals surface area contributed by atoms with Crippen LogP contribution in [0.25, 0.3) is 10.9 Å². The summed E-state index contributed by atoms with van der Waals surface area (Å²) in [4.78, 5) is 42.3. The largest absolute Gasteiger partial charge is 0.493 e. The molecule has 2 bridgehead atoms. The number of nitrogens with one attached hydrogen (secondary N) is 3. The number of anilines is 1. The maximum Gasteiger partial charge on any atom is 0.263 e. The number of carbonyl (C=O) groups excluding carboxylic acids is 2. The quantitative estimate of drug-likeness (QED) is 0.452. The third-order valence-corrected chi connectivity index (χ3v) is 7.02. The van der Waals surface area contributed by atoms with Crippen LogP contribution in [0.3, 0.4) is 0 Å². The first-order valence-corrected chi connectivity index (χ1v) is 13.4. The lowest BCUT2D eigenvalue weighted by Crippen LogP contribution is -2.45. The molecule has 11 nitrogen and oxygen atoms in total. The molecule has 3 aliphatic heterocycles. The summed E-state index contributed by atoms with van der Waals surface area (Å²) in [6.45, 7) is 4.08. The van der Waals surface area contributed by atoms with Gasteiger partial charge in [0.05, 0.1) is 23.9 Å². The number of hydrogen-bond acceptors (Lipinski definition) is 8. The molecule has 206 valence electrons. The molecule has 1 aromatic carbocycles. The van der Waals surface area contributed by atoms with Crippen LogP contribution in [0.4, 0.5) is 5.82 Å². The molecule has 2 amide bonds. The third kappa shape index (κ3) is 6.37. The van der Waals surface area contributed by atoms with Gasteiger partial charge >= 0.3 is 0 Å². The Kier molecular flexibility index (Phi) is 8.38. The molecular weight excluding hydrogens is 500 g/mol. The van der Waals surface area contributed by atoms with Gasteiger partial charge in [0.25, 0.3) is 11.5 Å². The number of aromatic nitrogens is 2. The van der Waals surface area contributed by atoms with Crippen LogP contribution in [0.1, 0.15) is 25.0 Å². The van der Waals surface area contributed by atoms with E-state index in [2.05, 4.69) is 25.8 Å². The van der Waals surface area contributed by atoms with Gasteiger partial charge in [-0.2, -0.15) is 0 Å². The average Bonchev–Trinajstić information content (AvgIpc) is 3.41. The number of hydrogen-bond donors (Lipinski definition) is 3. The van der Waals surface area contributed by atoms with E-state index in [0.717, 1.165) is 48.2 Å². The standard InChI is InChI=1S/C19H23N3O3.C9H11N3O2/c23-18-7-5-14-4-6-15-13-17(14)22(18)11-10-21-9-1-3-16(21)19(24)20-8-2-12-25-15;1-10-4-6-2-3-7-9(11-6)12-8(13)5-14-7/h4-7,13,16H,1-3,8-12H2,(H,20,24);2-3,10H,4-5H2,1H3,(H,11,12,13)/t16-;/m0./s1. The lowest BCUT2D eigenvalue weighted by molar-refractivity contribution is -0.125. The van der Waals surface area contributed by atoms with Crippen LogP contribution >= 0.6 is 0 Å². The van der Waals surface area contributed by atoms with E-state index in [0.29, 0.717) is 44.4 Å². The second kappa shape index (κ2) is 12.3. The van der Waals surface area contributed by atoms with Gasteiger partial charge in [0, 0.05) is 38.3 Å². The highest BCUT2D eigenvalue weighted by molar-refractivity contribution is 5.94. The lowest BCUT2D eigenvalue weighted by atomic mass is 10.2. The Bertz CT molecular complexity index is 1410. The van der Waals surface area contributed by atoms with Crippen LogP contribution in [0.2, 0.25) is 0 Å². The fraction of sp³-hybridized carbons (Fsp3) is 0.429. The molecule has 0 saturated carbocycles. The zero-order chi connectivity index (χ0) is 27.2. The summed E-state index contributed by atoms with van der Waals surface area (Å²) < 4.78 is 12.8. The molecule has 5 heterocycles. The Morgan fingerprint density at radius 3 is 2.77 bits per heavy atom. The van der Waals surface area contributed by atoms with Crippen molar-refractivity contribution in [2.24, 2.45) is 0 Å². The van der Waals surface area contributed by atoms with Gasteiger partial charge in [0.2, 0.25) is 5.91 Å². The van der Waals surface area contributed by atoms with E-state index >= 15 is 0 Å². The summed E-state index contributed by atoms with van der Waals surface area (Å²) in [6, 6.07) is 12.9. The van der Waals surface area contributed by atoms with E-state index in [9.17, 15) is 14.4 Å². The predicted octanol–water partition coefficient (Wildman–Crippen LogP) is 1.50. The fourth-order valence-corrected chi connectivity index (χ4v) is 5.08. The number of fused-ring (bicyclic) bond motifs is 3. The normalized spacial score (nSPS) is 19.4. The minimum Gasteiger partial charge on any atom is -0.493 e. The molecule has 2 aromatic heterocycles. The van der Waals surface area contributed by atoms with E-state index < -0.39 is 0 Å². The first-order valence-electron chi connectivity index (χ1n) is 13.4. The van der Waals surface area contributed by atoms with Crippen LogP contribution < -0.4 is 31.0 Å². The molecular formula is C28H34N6O5. The monoisotopic (exact) mass is 534 g/mol. The SMILES string of the molecule is CNCc1ccc2c(n1)NC(=O)CO2.O=C1NCCCOc2ccc3ccc(=O)n(c3c2)CCN2CCC[C@@H]12. The van der Waals surface area contributed by atoms with Crippen LogP contribution in [-0.4, -0.2) is 72.2 Å². The van der Waals surface area contributed by atoms with Crippen molar-refractivity contribution >= 4 is 28.5 Å². The van der Waals surface area contributed by atoms with Crippen LogP contribution in [0.15, 0.2) is 47.3 Å². The molecule has 0 unspecified atom stereocenters. The van der Waals surface area contributed by atoms with Crippen molar-refractivity contribution in [2.45, 2.75) is 38.4 Å². The summed E-state index contributed by atoms with van der Waals surface area (Å²) in [5.74, 6) is 1.83. The molecule has 3 aromatic rings. The fourth-order valence-electron chi connectivity index (χ4n) is 5.08. The van der Waals surface area contributed by atoms with E-state index in [1.165, 1.54) is 0 Å². The Morgan fingerprint density at radius 1 is 1.03 bits per heavy atom. The number of benzene rings is 1. The van der Waals surface area contributed by atoms with E-state index in [-0.39, 0.29) is 30.0 Å². The zero-order valence-electron chi connectivity index (χ0n) is 22.1. The second-order valence-electron chi connectivity index (χ2n) is 9.75. The first-order chi connectivity index (χ1) is 19.0. The van der Waals surface area contributed by atoms with Crippen molar-refractivity contribution in [1.29, 1.82) is 0 Å². The molecule has 3 N–H and O–H groups in total. The molecule has 0 spiro atoms. The third-order valence-electron chi connectivity index (χ3n) is 7.02. The number of ether oxygens (including phenoxy) is 2. The highest BCUT2D eigenvalue weighted by Crippen LogP contribution is 2.25. The Balaban J connectivity index is 0.000000186. The molecule has 6 rings (SSSR count). The predicted molar refractivity (Wildman–Crippen MR) is 147 cm³/mol. The lowest BCUT2D eigenvalue weighted by Gasteiger charge is -2.24. The number of carbonyl (C=O) groups is 2. The van der Waals surface area contributed by atoms with Gasteiger partial charge in [0.1, 0.15) is 5.75 Å². The van der Waals surface area contributed by atoms with E-state index in [1.807, 2.05) is 43.4 Å². The molecule has 39 heavy (non-hydrogen) atoms. The highest BCUT2D eigenvalue weighted by atomic mass is 16.5. The second-order valence-corrected chi connectivity index (χ2v) is 9.75. The Morgan fingerprint density at radius 2 is 1.90 bits per heavy atom. The molecule has 1 atom stereocenters. The Hall–Kier alpha value is -3.96. The molecule has 1 saturated heterocycles. The topological polar surface area (TPSA) is 127 Å². The average molecular weight is 535 g/mol. The summed E-state index contributed by atoms with van der Waals surface area (Å²) in [6.07, 6.45) is 2.67. The number of nitrogens with zero attached hydrogens (tertiary/aromatic N) is 3. The van der Waals surface area contributed by atoms with Gasteiger partial charge in [-0.05, 0) is 68.6 Å². The molecule has 3 aliphatic rings. The molecule has 0 radical (unpaired) electrons. The smallest absolute Gasteiger partial charge is 0.263 e. The van der Waals surface area contributed by atoms with Gasteiger partial charge in [-0.3, -0.25) is 19.3 Å². The Labute approximate surface area is 226 Å². The van der Waals surface area contributed by atoms with E-state index in [1.54, 1.807) is 10.6 Å². The summed E-state index contributed by atoms with van der Waals surface area (Å²) in [5.41, 5.74) is 1.75. The van der Waals surface area contributed by atoms with Crippen LogP contribution in [0, 0.1) is 0 Å². The van der Waals surface area contributed by atoms with Crippen molar-refractivity contribution in [1.82, 2.24) is 25.1 Å². The minimum atomic E-state index is -0.161. The van der Waals surface area contributed by atoms with Gasteiger partial charge in [-0.25, -0.2) is 4.98 Å². The first kappa shape index (κ1) is 26.6. The summed E-state index contributed by atoms with van der Waals surface area (Å²) in [5, 5.41) is 9.68. The molecule has 1 fully saturated rings. The number of amides is 2. The van der Waals surface area contributed by atoms with Crippen molar-refractivity contribution in [3.8, 4) is 11.5 Å². The number of pyridine rings is 2. The van der Waals surface area contributed by atoms with Gasteiger partial charge < -0.3 is 30.0 Å². The van der Waals surface area contributed by atoms with Gasteiger partial charge in [-0.1, -0.05) is 0 Å². The van der Waals surface area contributed by atoms with Crippen LogP contribution in [0.5, 0.6) is 11.5 Å². The minimum absolute atomic E-state index is 0.0167. The highest BCUT2D eigenvalue weighted by Gasteiger charge is 2.30. The maximum atomic E-state index is 12.4. The van der Waals surface area contributed by atoms with Crippen molar-refractivity contribution in [3.63, 3.8) is 0 Å². The summed E-state index contributed by atoms with van der Waals surface area (Å²) in [7, 11) is 1.84. The number of rotatable bonds is 2. The van der Waals surface area contributed by atoms with Crippen molar-refractivity contribution in [3.05, 3.63) is 58.5 Å². The van der Waals surface area contributed by atoms with Gasteiger partial charge in [0.15, 0.2) is 18.2 Å². The molecule has 11 heteroatoms. The van der Waals surface area contributed by atoms with Crippen molar-refractivity contribution in [2.75, 3.05) is 45.2 Å². The zero-order valence-corrected chi connectivity index (χ0v) is 22.1. The van der Waals surface area contributed by atoms with Gasteiger partial charge in [-0.15, -0.1) is 0 Å². The van der Waals surface area contributed by atoms with E-state index in [4.69, 9.17) is 9.47 Å². The summed E-state index contributed by atoms with van der Waals surface area (Å²) >= 11 is 0. The van der Waals surface area contributed by atoms with Crippen LogP contribution in [-0.2, 0) is 22.7 Å². The maximum absolute atomic E-state index is 12.4. The molecule has 0 aliphatic carbocycles.